The van der Waals surface area contributed by atoms with Crippen LogP contribution in [0.1, 0.15) is 13.8 Å². The molecular formula is C13H15ClOS. The lowest BCUT2D eigenvalue weighted by Crippen LogP contribution is -1.99. The third-order valence-electron chi connectivity index (χ3n) is 2.05. The third kappa shape index (κ3) is 4.33. The van der Waals surface area contributed by atoms with E-state index in [2.05, 4.69) is 0 Å². The molecule has 0 amide bonds. The van der Waals surface area contributed by atoms with Crippen molar-refractivity contribution in [2.45, 2.75) is 18.7 Å². The molecule has 1 nitrogen and oxygen atoms in total. The summed E-state index contributed by atoms with van der Waals surface area (Å²) in [6.45, 7) is 4.58. The van der Waals surface area contributed by atoms with Gasteiger partial charge in [0.25, 0.3) is 0 Å². The topological polar surface area (TPSA) is 9.23 Å². The summed E-state index contributed by atoms with van der Waals surface area (Å²) >= 11 is 0. The maximum atomic E-state index is 5.68. The largest absolute Gasteiger partial charge is 0.489 e. The zero-order chi connectivity index (χ0) is 11.8. The van der Waals surface area contributed by atoms with E-state index in [4.69, 9.17) is 15.4 Å². The number of rotatable bonds is 5. The number of hydrogen-bond donors (Lipinski definition) is 0. The zero-order valence-corrected chi connectivity index (χ0v) is 11.0. The molecule has 0 N–H and O–H groups in total. The first-order chi connectivity index (χ1) is 7.80. The Morgan fingerprint density at radius 2 is 2.25 bits per heavy atom. The van der Waals surface area contributed by atoms with Crippen molar-refractivity contribution < 1.29 is 4.74 Å². The minimum Gasteiger partial charge on any atom is -0.489 e. The number of ether oxygens (including phenoxy) is 1. The van der Waals surface area contributed by atoms with Crippen molar-refractivity contribution in [1.29, 1.82) is 0 Å². The van der Waals surface area contributed by atoms with Gasteiger partial charge in [0.2, 0.25) is 0 Å². The molecule has 86 valence electrons. The second-order valence-corrected chi connectivity index (χ2v) is 4.29. The van der Waals surface area contributed by atoms with Gasteiger partial charge < -0.3 is 4.74 Å². The van der Waals surface area contributed by atoms with E-state index in [9.17, 15) is 0 Å². The summed E-state index contributed by atoms with van der Waals surface area (Å²) in [6.07, 6.45) is 6.09. The van der Waals surface area contributed by atoms with Crippen LogP contribution in [-0.2, 0) is 0 Å². The first-order valence-corrected chi connectivity index (χ1v) is 6.73. The monoisotopic (exact) mass is 254 g/mol. The van der Waals surface area contributed by atoms with E-state index in [1.807, 2.05) is 56.3 Å². The summed E-state index contributed by atoms with van der Waals surface area (Å²) in [4.78, 5) is 0.993. The van der Waals surface area contributed by atoms with Gasteiger partial charge in [0.05, 0.1) is 0 Å². The van der Waals surface area contributed by atoms with Crippen LogP contribution in [0.3, 0.4) is 0 Å². The number of allylic oxidation sites excluding steroid dienone is 2. The first kappa shape index (κ1) is 13.2. The Kier molecular flexibility index (Phi) is 6.12. The Labute approximate surface area is 106 Å². The van der Waals surface area contributed by atoms with Gasteiger partial charge in [-0.3, -0.25) is 0 Å². The second-order valence-electron chi connectivity index (χ2n) is 3.20. The van der Waals surface area contributed by atoms with Gasteiger partial charge in [-0.1, -0.05) is 24.3 Å². The molecule has 0 spiro atoms. The molecule has 0 fully saturated rings. The molecule has 0 radical (unpaired) electrons. The molecule has 0 heterocycles. The molecule has 0 atom stereocenters. The Balaban J connectivity index is 2.60. The average Bonchev–Trinajstić information content (AvgIpc) is 2.34. The van der Waals surface area contributed by atoms with Crippen LogP contribution in [0.4, 0.5) is 0 Å². The van der Waals surface area contributed by atoms with E-state index in [1.165, 1.54) is 11.0 Å². The van der Waals surface area contributed by atoms with Crippen molar-refractivity contribution in [2.24, 2.45) is 0 Å². The number of hydrogen-bond acceptors (Lipinski definition) is 2. The molecular weight excluding hydrogens is 240 g/mol. The third-order valence-corrected chi connectivity index (χ3v) is 3.02. The second kappa shape index (κ2) is 7.42. The number of benzene rings is 1. The van der Waals surface area contributed by atoms with E-state index in [0.717, 1.165) is 16.2 Å². The van der Waals surface area contributed by atoms with E-state index in [1.54, 1.807) is 0 Å². The summed E-state index contributed by atoms with van der Waals surface area (Å²) in [7, 11) is 6.87. The van der Waals surface area contributed by atoms with Crippen LogP contribution < -0.4 is 4.74 Å². The van der Waals surface area contributed by atoms with Crippen molar-refractivity contribution in [2.75, 3.05) is 6.61 Å². The summed E-state index contributed by atoms with van der Waals surface area (Å²) in [5.74, 6) is 0.842. The molecule has 3 heteroatoms. The van der Waals surface area contributed by atoms with Crippen molar-refractivity contribution in [1.82, 2.24) is 0 Å². The summed E-state index contributed by atoms with van der Waals surface area (Å²) in [5.41, 5.74) is 1.16. The molecule has 0 bridgehead atoms. The smallest absolute Gasteiger partial charge is 0.120 e. The molecule has 0 saturated heterocycles. The lowest BCUT2D eigenvalue weighted by molar-refractivity contribution is 0.354. The zero-order valence-electron chi connectivity index (χ0n) is 9.44. The van der Waals surface area contributed by atoms with Crippen LogP contribution >= 0.6 is 21.7 Å². The van der Waals surface area contributed by atoms with Crippen molar-refractivity contribution >= 4 is 21.7 Å². The van der Waals surface area contributed by atoms with Gasteiger partial charge in [0.1, 0.15) is 12.4 Å². The molecule has 1 rings (SSSR count). The first-order valence-electron chi connectivity index (χ1n) is 5.09. The fourth-order valence-electron chi connectivity index (χ4n) is 1.22. The molecule has 0 aliphatic heterocycles. The molecule has 0 unspecified atom stereocenters. The highest BCUT2D eigenvalue weighted by molar-refractivity contribution is 8.21. The Bertz CT molecular complexity index is 385. The molecule has 1 aromatic carbocycles. The van der Waals surface area contributed by atoms with Gasteiger partial charge >= 0.3 is 0 Å². The lowest BCUT2D eigenvalue weighted by Gasteiger charge is -2.07. The van der Waals surface area contributed by atoms with Gasteiger partial charge in [-0.2, -0.15) is 0 Å². The average molecular weight is 255 g/mol. The Morgan fingerprint density at radius 1 is 1.44 bits per heavy atom. The minimum atomic E-state index is 0.581. The maximum absolute atomic E-state index is 5.68. The van der Waals surface area contributed by atoms with Gasteiger partial charge in [-0.25, -0.2) is 0 Å². The van der Waals surface area contributed by atoms with Gasteiger partial charge in [0, 0.05) is 4.90 Å². The van der Waals surface area contributed by atoms with Gasteiger partial charge in [-0.05, 0) is 59.3 Å². The van der Waals surface area contributed by atoms with E-state index >= 15 is 0 Å². The molecule has 0 saturated carbocycles. The molecule has 0 aromatic heterocycles. The standard InChI is InChI=1S/C13H15ClOS/c1-3-6-11(4-2)10-15-12-7-5-8-13(9-12)16-14/h3-9H,10H2,1-2H3/b6-3-,11-4+. The Hall–Kier alpha value is -0.860. The normalized spacial score (nSPS) is 12.1. The molecule has 16 heavy (non-hydrogen) atoms. The summed E-state index contributed by atoms with van der Waals surface area (Å²) in [5, 5.41) is 0. The van der Waals surface area contributed by atoms with Crippen LogP contribution in [0, 0.1) is 0 Å². The molecule has 0 aliphatic rings. The lowest BCUT2D eigenvalue weighted by atomic mass is 10.2. The minimum absolute atomic E-state index is 0.581. The predicted molar refractivity (Wildman–Crippen MR) is 72.2 cm³/mol. The molecule has 0 aliphatic carbocycles. The quantitative estimate of drug-likeness (QED) is 0.696. The van der Waals surface area contributed by atoms with Crippen molar-refractivity contribution in [3.05, 3.63) is 48.1 Å². The highest BCUT2D eigenvalue weighted by atomic mass is 35.7. The maximum Gasteiger partial charge on any atom is 0.120 e. The van der Waals surface area contributed by atoms with Crippen LogP contribution in [0.15, 0.2) is 53.0 Å². The highest BCUT2D eigenvalue weighted by Gasteiger charge is 1.97. The van der Waals surface area contributed by atoms with Crippen LogP contribution in [0.2, 0.25) is 0 Å². The fraction of sp³-hybridized carbons (Fsp3) is 0.231. The van der Waals surface area contributed by atoms with E-state index in [0.29, 0.717) is 6.61 Å². The van der Waals surface area contributed by atoms with E-state index < -0.39 is 0 Å². The number of halogens is 1. The molecule has 1 aromatic rings. The highest BCUT2D eigenvalue weighted by Crippen LogP contribution is 2.25. The van der Waals surface area contributed by atoms with Gasteiger partial charge in [-0.15, -0.1) is 0 Å². The predicted octanol–water partition coefficient (Wildman–Crippen LogP) is 4.83. The van der Waals surface area contributed by atoms with Crippen LogP contribution in [0.5, 0.6) is 5.75 Å². The summed E-state index contributed by atoms with van der Waals surface area (Å²) < 4.78 is 5.66. The fourth-order valence-corrected chi connectivity index (χ4v) is 1.80. The Morgan fingerprint density at radius 3 is 2.88 bits per heavy atom. The van der Waals surface area contributed by atoms with E-state index in [-0.39, 0.29) is 0 Å². The van der Waals surface area contributed by atoms with Crippen molar-refractivity contribution in [3.63, 3.8) is 0 Å². The van der Waals surface area contributed by atoms with Crippen molar-refractivity contribution in [3.8, 4) is 5.75 Å². The summed E-state index contributed by atoms with van der Waals surface area (Å²) in [6, 6.07) is 7.75. The van der Waals surface area contributed by atoms with Crippen LogP contribution in [-0.4, -0.2) is 6.61 Å². The SMILES string of the molecule is C/C=C\C(=C/C)COc1cccc(SCl)c1. The van der Waals surface area contributed by atoms with Gasteiger partial charge in [0.15, 0.2) is 0 Å². The van der Waals surface area contributed by atoms with Crippen LogP contribution in [0.25, 0.3) is 0 Å².